The molecule has 3 rings (SSSR count). The number of amides is 2. The zero-order valence-electron chi connectivity index (χ0n) is 14.6. The summed E-state index contributed by atoms with van der Waals surface area (Å²) in [4.78, 5) is 37.0. The zero-order chi connectivity index (χ0) is 20.3. The van der Waals surface area contributed by atoms with Crippen molar-refractivity contribution < 1.29 is 18.9 Å². The molecule has 0 fully saturated rings. The lowest BCUT2D eigenvalue weighted by molar-refractivity contribution is -0.384. The van der Waals surface area contributed by atoms with Crippen LogP contribution >= 0.6 is 15.9 Å². The average molecular weight is 444 g/mol. The SMILES string of the molecule is CN(C(=O)c1ccc(Br)o1)c1ccccc1C(=O)Nc1cccc([N+](=O)[O-])c1. The smallest absolute Gasteiger partial charge is 0.293 e. The van der Waals surface area contributed by atoms with E-state index in [9.17, 15) is 19.7 Å². The maximum absolute atomic E-state index is 12.7. The van der Waals surface area contributed by atoms with Gasteiger partial charge in [-0.3, -0.25) is 19.7 Å². The minimum Gasteiger partial charge on any atom is -0.444 e. The van der Waals surface area contributed by atoms with Crippen LogP contribution in [0.5, 0.6) is 0 Å². The molecular formula is C19H14BrN3O5. The van der Waals surface area contributed by atoms with Crippen molar-refractivity contribution in [3.8, 4) is 0 Å². The second-order valence-corrected chi connectivity index (χ2v) is 6.53. The van der Waals surface area contributed by atoms with E-state index in [1.165, 1.54) is 36.2 Å². The normalized spacial score (nSPS) is 10.4. The van der Waals surface area contributed by atoms with Crippen molar-refractivity contribution in [3.05, 3.63) is 86.8 Å². The number of furan rings is 1. The molecule has 1 N–H and O–H groups in total. The molecule has 142 valence electrons. The molecule has 0 spiro atoms. The van der Waals surface area contributed by atoms with E-state index >= 15 is 0 Å². The predicted octanol–water partition coefficient (Wildman–Crippen LogP) is 4.48. The first-order valence-electron chi connectivity index (χ1n) is 8.05. The van der Waals surface area contributed by atoms with Crippen LogP contribution in [0.25, 0.3) is 0 Å². The van der Waals surface area contributed by atoms with Crippen molar-refractivity contribution >= 4 is 44.8 Å². The number of nitro groups is 1. The highest BCUT2D eigenvalue weighted by molar-refractivity contribution is 9.10. The number of nitro benzene ring substituents is 1. The fraction of sp³-hybridized carbons (Fsp3) is 0.0526. The third-order valence-corrected chi connectivity index (χ3v) is 4.34. The van der Waals surface area contributed by atoms with Crippen LogP contribution in [-0.4, -0.2) is 23.8 Å². The summed E-state index contributed by atoms with van der Waals surface area (Å²) in [6.07, 6.45) is 0. The van der Waals surface area contributed by atoms with E-state index in [2.05, 4.69) is 21.2 Å². The Balaban J connectivity index is 1.87. The number of rotatable bonds is 5. The Morgan fingerprint density at radius 3 is 2.54 bits per heavy atom. The molecule has 8 nitrogen and oxygen atoms in total. The molecule has 1 heterocycles. The lowest BCUT2D eigenvalue weighted by atomic mass is 10.1. The van der Waals surface area contributed by atoms with Gasteiger partial charge in [-0.1, -0.05) is 18.2 Å². The Morgan fingerprint density at radius 1 is 1.11 bits per heavy atom. The molecule has 2 amide bonds. The monoisotopic (exact) mass is 443 g/mol. The van der Waals surface area contributed by atoms with Gasteiger partial charge >= 0.3 is 0 Å². The van der Waals surface area contributed by atoms with Gasteiger partial charge in [0.25, 0.3) is 17.5 Å². The number of benzene rings is 2. The van der Waals surface area contributed by atoms with Gasteiger partial charge in [-0.2, -0.15) is 0 Å². The number of nitrogens with one attached hydrogen (secondary N) is 1. The molecule has 28 heavy (non-hydrogen) atoms. The maximum atomic E-state index is 12.7. The van der Waals surface area contributed by atoms with Crippen LogP contribution in [0.2, 0.25) is 0 Å². The average Bonchev–Trinajstić information content (AvgIpc) is 3.13. The number of halogens is 1. The van der Waals surface area contributed by atoms with Gasteiger partial charge in [0.2, 0.25) is 0 Å². The highest BCUT2D eigenvalue weighted by Crippen LogP contribution is 2.25. The maximum Gasteiger partial charge on any atom is 0.293 e. The van der Waals surface area contributed by atoms with E-state index in [0.29, 0.717) is 10.4 Å². The lowest BCUT2D eigenvalue weighted by Crippen LogP contribution is -2.28. The van der Waals surface area contributed by atoms with Crippen LogP contribution in [0, 0.1) is 10.1 Å². The second-order valence-electron chi connectivity index (χ2n) is 5.75. The summed E-state index contributed by atoms with van der Waals surface area (Å²) in [6, 6.07) is 15.3. The molecule has 2 aromatic carbocycles. The van der Waals surface area contributed by atoms with Gasteiger partial charge < -0.3 is 14.6 Å². The van der Waals surface area contributed by atoms with E-state index in [1.54, 1.807) is 36.4 Å². The molecule has 0 saturated carbocycles. The molecule has 3 aromatic rings. The first-order valence-corrected chi connectivity index (χ1v) is 8.84. The second kappa shape index (κ2) is 8.05. The van der Waals surface area contributed by atoms with Crippen molar-refractivity contribution in [2.24, 2.45) is 0 Å². The van der Waals surface area contributed by atoms with Crippen molar-refractivity contribution in [2.75, 3.05) is 17.3 Å². The van der Waals surface area contributed by atoms with Crippen LogP contribution < -0.4 is 10.2 Å². The molecule has 0 aliphatic carbocycles. The lowest BCUT2D eigenvalue weighted by Gasteiger charge is -2.19. The van der Waals surface area contributed by atoms with Crippen molar-refractivity contribution in [1.29, 1.82) is 0 Å². The molecule has 0 bridgehead atoms. The van der Waals surface area contributed by atoms with Crippen molar-refractivity contribution in [3.63, 3.8) is 0 Å². The molecule has 0 unspecified atom stereocenters. The third kappa shape index (κ3) is 4.09. The first kappa shape index (κ1) is 19.3. The van der Waals surface area contributed by atoms with Gasteiger partial charge in [-0.25, -0.2) is 0 Å². The minimum atomic E-state index is -0.544. The van der Waals surface area contributed by atoms with E-state index in [1.807, 2.05) is 0 Å². The Labute approximate surface area is 168 Å². The number of carbonyl (C=O) groups is 2. The molecular weight excluding hydrogens is 430 g/mol. The number of hydrogen-bond donors (Lipinski definition) is 1. The standard InChI is InChI=1S/C19H14BrN3O5/c1-22(19(25)16-9-10-17(20)28-16)15-8-3-2-7-14(15)18(24)21-12-5-4-6-13(11-12)23(26)27/h2-11H,1H3,(H,21,24). The fourth-order valence-electron chi connectivity index (χ4n) is 2.56. The summed E-state index contributed by atoms with van der Waals surface area (Å²) in [5, 5.41) is 13.5. The fourth-order valence-corrected chi connectivity index (χ4v) is 2.86. The molecule has 0 aliphatic rings. The predicted molar refractivity (Wildman–Crippen MR) is 107 cm³/mol. The summed E-state index contributed by atoms with van der Waals surface area (Å²) in [6.45, 7) is 0. The Hall–Kier alpha value is -3.46. The number of non-ortho nitro benzene ring substituents is 1. The Kier molecular flexibility index (Phi) is 5.55. The molecule has 0 aliphatic heterocycles. The molecule has 1 aromatic heterocycles. The van der Waals surface area contributed by atoms with Gasteiger partial charge in [0.05, 0.1) is 16.2 Å². The largest absolute Gasteiger partial charge is 0.444 e. The van der Waals surface area contributed by atoms with Gasteiger partial charge in [0.1, 0.15) is 0 Å². The summed E-state index contributed by atoms with van der Waals surface area (Å²) in [5.74, 6) is -0.819. The molecule has 0 saturated heterocycles. The summed E-state index contributed by atoms with van der Waals surface area (Å²) < 4.78 is 5.70. The van der Waals surface area contributed by atoms with Gasteiger partial charge in [0.15, 0.2) is 10.4 Å². The highest BCUT2D eigenvalue weighted by Gasteiger charge is 2.22. The topological polar surface area (TPSA) is 106 Å². The van der Waals surface area contributed by atoms with E-state index in [4.69, 9.17) is 4.42 Å². The number of anilines is 2. The number of para-hydroxylation sites is 1. The van der Waals surface area contributed by atoms with Crippen LogP contribution in [0.3, 0.4) is 0 Å². The van der Waals surface area contributed by atoms with Crippen molar-refractivity contribution in [1.82, 2.24) is 0 Å². The van der Waals surface area contributed by atoms with Gasteiger partial charge in [0, 0.05) is 24.9 Å². The highest BCUT2D eigenvalue weighted by atomic mass is 79.9. The van der Waals surface area contributed by atoms with Crippen LogP contribution in [0.1, 0.15) is 20.9 Å². The Morgan fingerprint density at radius 2 is 1.86 bits per heavy atom. The first-order chi connectivity index (χ1) is 13.4. The molecule has 9 heteroatoms. The number of hydrogen-bond acceptors (Lipinski definition) is 5. The van der Waals surface area contributed by atoms with E-state index < -0.39 is 16.7 Å². The van der Waals surface area contributed by atoms with Crippen LogP contribution in [0.15, 0.2) is 69.8 Å². The van der Waals surface area contributed by atoms with Gasteiger partial charge in [-0.15, -0.1) is 0 Å². The number of carbonyl (C=O) groups excluding carboxylic acids is 2. The quantitative estimate of drug-likeness (QED) is 0.462. The van der Waals surface area contributed by atoms with Crippen LogP contribution in [0.4, 0.5) is 17.1 Å². The third-order valence-electron chi connectivity index (χ3n) is 3.91. The van der Waals surface area contributed by atoms with E-state index in [-0.39, 0.29) is 22.7 Å². The zero-order valence-corrected chi connectivity index (χ0v) is 16.2. The minimum absolute atomic E-state index is 0.114. The summed E-state index contributed by atoms with van der Waals surface area (Å²) >= 11 is 3.15. The number of nitrogens with zero attached hydrogens (tertiary/aromatic N) is 2. The van der Waals surface area contributed by atoms with Crippen LogP contribution in [-0.2, 0) is 0 Å². The van der Waals surface area contributed by atoms with E-state index in [0.717, 1.165) is 0 Å². The Bertz CT molecular complexity index is 1060. The van der Waals surface area contributed by atoms with Crippen molar-refractivity contribution in [2.45, 2.75) is 0 Å². The molecule has 0 atom stereocenters. The summed E-state index contributed by atoms with van der Waals surface area (Å²) in [7, 11) is 1.53. The molecule has 0 radical (unpaired) electrons. The summed E-state index contributed by atoms with van der Waals surface area (Å²) in [5.41, 5.74) is 0.734. The van der Waals surface area contributed by atoms with Gasteiger partial charge in [-0.05, 0) is 46.3 Å².